The monoisotopic (exact) mass is 310 g/mol. The van der Waals surface area contributed by atoms with Crippen molar-refractivity contribution in [1.29, 1.82) is 0 Å². The van der Waals surface area contributed by atoms with Crippen LogP contribution in [0.2, 0.25) is 0 Å². The number of rotatable bonds is 8. The minimum absolute atomic E-state index is 0.242. The smallest absolute Gasteiger partial charge is 0.133 e. The Bertz CT molecular complexity index is 580. The van der Waals surface area contributed by atoms with Gasteiger partial charge in [-0.15, -0.1) is 0 Å². The SMILES string of the molecule is CCC(CC)c1cccc(OC(CC)(CC)c2ccccc2)c1. The maximum Gasteiger partial charge on any atom is 0.133 e. The summed E-state index contributed by atoms with van der Waals surface area (Å²) in [5, 5.41) is 0. The molecule has 1 nitrogen and oxygen atoms in total. The highest BCUT2D eigenvalue weighted by molar-refractivity contribution is 5.33. The molecule has 0 radical (unpaired) electrons. The van der Waals surface area contributed by atoms with Gasteiger partial charge in [-0.3, -0.25) is 0 Å². The van der Waals surface area contributed by atoms with Crippen molar-refractivity contribution < 1.29 is 4.74 Å². The minimum atomic E-state index is -0.242. The van der Waals surface area contributed by atoms with E-state index in [2.05, 4.69) is 82.3 Å². The van der Waals surface area contributed by atoms with Crippen LogP contribution in [0.5, 0.6) is 5.75 Å². The Morgan fingerprint density at radius 2 is 1.48 bits per heavy atom. The average Bonchev–Trinajstić information content (AvgIpc) is 2.62. The molecule has 0 aromatic heterocycles. The fraction of sp³-hybridized carbons (Fsp3) is 0.455. The van der Waals surface area contributed by atoms with E-state index in [4.69, 9.17) is 4.74 Å². The van der Waals surface area contributed by atoms with Gasteiger partial charge in [0.25, 0.3) is 0 Å². The molecule has 2 aromatic rings. The van der Waals surface area contributed by atoms with Crippen LogP contribution in [0.4, 0.5) is 0 Å². The van der Waals surface area contributed by atoms with Crippen molar-refractivity contribution in [3.8, 4) is 5.75 Å². The zero-order valence-electron chi connectivity index (χ0n) is 15.0. The van der Waals surface area contributed by atoms with Gasteiger partial charge >= 0.3 is 0 Å². The topological polar surface area (TPSA) is 9.23 Å². The molecule has 0 bridgehead atoms. The van der Waals surface area contributed by atoms with Crippen LogP contribution in [0.15, 0.2) is 54.6 Å². The number of hydrogen-bond acceptors (Lipinski definition) is 1. The van der Waals surface area contributed by atoms with Crippen molar-refractivity contribution in [1.82, 2.24) is 0 Å². The van der Waals surface area contributed by atoms with Gasteiger partial charge in [0.15, 0.2) is 0 Å². The molecular formula is C22H30O. The van der Waals surface area contributed by atoms with Crippen LogP contribution < -0.4 is 4.74 Å². The normalized spacial score (nSPS) is 11.7. The fourth-order valence-electron chi connectivity index (χ4n) is 3.42. The number of ether oxygens (including phenoxy) is 1. The molecule has 0 aliphatic rings. The van der Waals surface area contributed by atoms with E-state index in [1.54, 1.807) is 0 Å². The van der Waals surface area contributed by atoms with E-state index in [0.717, 1.165) is 18.6 Å². The third-order valence-electron chi connectivity index (χ3n) is 5.07. The van der Waals surface area contributed by atoms with Crippen molar-refractivity contribution in [2.45, 2.75) is 64.9 Å². The first-order valence-corrected chi connectivity index (χ1v) is 9.03. The Morgan fingerprint density at radius 1 is 0.826 bits per heavy atom. The van der Waals surface area contributed by atoms with Crippen molar-refractivity contribution in [2.24, 2.45) is 0 Å². The Balaban J connectivity index is 2.33. The van der Waals surface area contributed by atoms with Crippen LogP contribution in [0.1, 0.15) is 70.4 Å². The lowest BCUT2D eigenvalue weighted by molar-refractivity contribution is 0.0572. The highest BCUT2D eigenvalue weighted by atomic mass is 16.5. The van der Waals surface area contributed by atoms with E-state index in [-0.39, 0.29) is 5.60 Å². The Morgan fingerprint density at radius 3 is 2.04 bits per heavy atom. The molecule has 0 saturated carbocycles. The van der Waals surface area contributed by atoms with Crippen LogP contribution in [-0.4, -0.2) is 0 Å². The standard InChI is InChI=1S/C22H30O/c1-5-18(6-2)19-13-12-16-21(17-19)23-22(7-3,8-4)20-14-10-9-11-15-20/h9-18H,5-8H2,1-4H3. The average molecular weight is 310 g/mol. The first-order valence-electron chi connectivity index (χ1n) is 9.03. The molecule has 0 saturated heterocycles. The third kappa shape index (κ3) is 3.96. The zero-order valence-corrected chi connectivity index (χ0v) is 15.0. The van der Waals surface area contributed by atoms with Crippen molar-refractivity contribution in [2.75, 3.05) is 0 Å². The van der Waals surface area contributed by atoms with E-state index >= 15 is 0 Å². The molecule has 0 amide bonds. The Labute approximate surface area is 141 Å². The van der Waals surface area contributed by atoms with Crippen LogP contribution in [-0.2, 0) is 5.60 Å². The summed E-state index contributed by atoms with van der Waals surface area (Å²) in [6.45, 7) is 8.94. The Hall–Kier alpha value is -1.76. The molecule has 0 fully saturated rings. The molecule has 2 rings (SSSR count). The van der Waals surface area contributed by atoms with Gasteiger partial charge in [0.1, 0.15) is 11.4 Å². The molecule has 0 aliphatic heterocycles. The number of hydrogen-bond donors (Lipinski definition) is 0. The van der Waals surface area contributed by atoms with Crippen LogP contribution in [0, 0.1) is 0 Å². The van der Waals surface area contributed by atoms with Gasteiger partial charge in [-0.25, -0.2) is 0 Å². The Kier molecular flexibility index (Phi) is 6.27. The highest BCUT2D eigenvalue weighted by Gasteiger charge is 2.30. The molecule has 0 N–H and O–H groups in total. The van der Waals surface area contributed by atoms with E-state index in [0.29, 0.717) is 5.92 Å². The summed E-state index contributed by atoms with van der Waals surface area (Å²) in [7, 11) is 0. The molecule has 0 atom stereocenters. The van der Waals surface area contributed by atoms with Gasteiger partial charge in [-0.2, -0.15) is 0 Å². The zero-order chi connectivity index (χ0) is 16.7. The predicted molar refractivity (Wildman–Crippen MR) is 99.1 cm³/mol. The van der Waals surface area contributed by atoms with Gasteiger partial charge in [-0.1, -0.05) is 70.2 Å². The van der Waals surface area contributed by atoms with Crippen LogP contribution in [0.25, 0.3) is 0 Å². The van der Waals surface area contributed by atoms with Gasteiger partial charge in [0, 0.05) is 0 Å². The summed E-state index contributed by atoms with van der Waals surface area (Å²) in [6.07, 6.45) is 4.27. The van der Waals surface area contributed by atoms with Gasteiger partial charge in [0.05, 0.1) is 0 Å². The third-order valence-corrected chi connectivity index (χ3v) is 5.07. The second-order valence-electron chi connectivity index (χ2n) is 6.26. The van der Waals surface area contributed by atoms with Gasteiger partial charge < -0.3 is 4.74 Å². The summed E-state index contributed by atoms with van der Waals surface area (Å²) in [6, 6.07) is 19.3. The fourth-order valence-corrected chi connectivity index (χ4v) is 3.42. The summed E-state index contributed by atoms with van der Waals surface area (Å²) < 4.78 is 6.57. The summed E-state index contributed by atoms with van der Waals surface area (Å²) >= 11 is 0. The molecule has 0 heterocycles. The second-order valence-corrected chi connectivity index (χ2v) is 6.26. The van der Waals surface area contributed by atoms with Gasteiger partial charge in [-0.05, 0) is 54.9 Å². The van der Waals surface area contributed by atoms with E-state index < -0.39 is 0 Å². The largest absolute Gasteiger partial charge is 0.483 e. The predicted octanol–water partition coefficient (Wildman–Crippen LogP) is 6.68. The molecule has 23 heavy (non-hydrogen) atoms. The molecule has 0 aliphatic carbocycles. The summed E-state index contributed by atoms with van der Waals surface area (Å²) in [5.41, 5.74) is 2.41. The van der Waals surface area contributed by atoms with E-state index in [1.807, 2.05) is 0 Å². The van der Waals surface area contributed by atoms with E-state index in [9.17, 15) is 0 Å². The number of benzene rings is 2. The van der Waals surface area contributed by atoms with Crippen LogP contribution in [0.3, 0.4) is 0 Å². The molecule has 0 spiro atoms. The van der Waals surface area contributed by atoms with E-state index in [1.165, 1.54) is 24.0 Å². The highest BCUT2D eigenvalue weighted by Crippen LogP contribution is 2.36. The molecule has 1 heteroatoms. The minimum Gasteiger partial charge on any atom is -0.483 e. The molecule has 124 valence electrons. The lowest BCUT2D eigenvalue weighted by Crippen LogP contribution is -2.31. The maximum atomic E-state index is 6.57. The second kappa shape index (κ2) is 8.19. The maximum absolute atomic E-state index is 6.57. The quantitative estimate of drug-likeness (QED) is 0.528. The van der Waals surface area contributed by atoms with Crippen LogP contribution >= 0.6 is 0 Å². The summed E-state index contributed by atoms with van der Waals surface area (Å²) in [4.78, 5) is 0. The van der Waals surface area contributed by atoms with Crippen molar-refractivity contribution >= 4 is 0 Å². The summed E-state index contributed by atoms with van der Waals surface area (Å²) in [5.74, 6) is 1.61. The first kappa shape index (κ1) is 17.6. The van der Waals surface area contributed by atoms with Crippen molar-refractivity contribution in [3.05, 3.63) is 65.7 Å². The molecule has 2 aromatic carbocycles. The molecule has 0 unspecified atom stereocenters. The lowest BCUT2D eigenvalue weighted by Gasteiger charge is -2.33. The first-order chi connectivity index (χ1) is 11.2. The lowest BCUT2D eigenvalue weighted by atomic mass is 9.88. The van der Waals surface area contributed by atoms with Crippen molar-refractivity contribution in [3.63, 3.8) is 0 Å². The molecular weight excluding hydrogens is 280 g/mol. The van der Waals surface area contributed by atoms with Gasteiger partial charge in [0.2, 0.25) is 0 Å².